The molecule has 0 saturated heterocycles. The van der Waals surface area contributed by atoms with Crippen molar-refractivity contribution in [1.29, 1.82) is 0 Å². The van der Waals surface area contributed by atoms with Crippen LogP contribution in [0.15, 0.2) is 12.3 Å². The van der Waals surface area contributed by atoms with E-state index in [0.717, 1.165) is 29.2 Å². The molecule has 0 spiro atoms. The van der Waals surface area contributed by atoms with E-state index in [2.05, 4.69) is 20.1 Å². The van der Waals surface area contributed by atoms with E-state index in [9.17, 15) is 0 Å². The molecule has 2 aliphatic rings. The molecule has 18 heavy (non-hydrogen) atoms. The van der Waals surface area contributed by atoms with Gasteiger partial charge in [-0.1, -0.05) is 11.6 Å². The first-order valence-electron chi connectivity index (χ1n) is 6.06. The predicted octanol–water partition coefficient (Wildman–Crippen LogP) is 2.28. The lowest BCUT2D eigenvalue weighted by atomic mass is 10.1. The summed E-state index contributed by atoms with van der Waals surface area (Å²) in [5.74, 6) is 0. The number of fused-ring (bicyclic) bond motifs is 3. The van der Waals surface area contributed by atoms with Crippen molar-refractivity contribution in [1.82, 2.24) is 20.0 Å². The number of nitrogens with zero attached hydrogens (tertiary/aromatic N) is 5. The van der Waals surface area contributed by atoms with Gasteiger partial charge >= 0.3 is 0 Å². The molecule has 0 N–H and O–H groups in total. The topological polar surface area (TPSA) is 46.8 Å². The lowest BCUT2D eigenvalue weighted by molar-refractivity contribution is 0.549. The second-order valence-corrected chi connectivity index (χ2v) is 5.26. The molecule has 1 saturated carbocycles. The second-order valence-electron chi connectivity index (χ2n) is 4.90. The van der Waals surface area contributed by atoms with Crippen molar-refractivity contribution in [3.05, 3.63) is 23.1 Å². The molecule has 4 rings (SSSR count). The van der Waals surface area contributed by atoms with Gasteiger partial charge in [0.2, 0.25) is 0 Å². The summed E-state index contributed by atoms with van der Waals surface area (Å²) in [6.45, 7) is 0.737. The fourth-order valence-electron chi connectivity index (χ4n) is 2.42. The van der Waals surface area contributed by atoms with Gasteiger partial charge in [0.15, 0.2) is 5.15 Å². The highest BCUT2D eigenvalue weighted by molar-refractivity contribution is 6.32. The molecule has 0 unspecified atom stereocenters. The number of aromatic nitrogens is 4. The first kappa shape index (κ1) is 10.3. The van der Waals surface area contributed by atoms with E-state index in [4.69, 9.17) is 11.6 Å². The van der Waals surface area contributed by atoms with Crippen molar-refractivity contribution in [2.45, 2.75) is 25.4 Å². The van der Waals surface area contributed by atoms with Crippen molar-refractivity contribution in [3.63, 3.8) is 0 Å². The molecule has 1 fully saturated rings. The van der Waals surface area contributed by atoms with Gasteiger partial charge in [0.1, 0.15) is 11.4 Å². The van der Waals surface area contributed by atoms with Crippen LogP contribution in [-0.2, 0) is 6.54 Å². The molecule has 1 aliphatic heterocycles. The molecule has 0 radical (unpaired) electrons. The Morgan fingerprint density at radius 2 is 2.17 bits per heavy atom. The van der Waals surface area contributed by atoms with Gasteiger partial charge in [-0.2, -0.15) is 15.0 Å². The van der Waals surface area contributed by atoms with E-state index < -0.39 is 0 Å². The van der Waals surface area contributed by atoms with Crippen LogP contribution >= 0.6 is 11.6 Å². The Kier molecular flexibility index (Phi) is 1.97. The fraction of sp³-hybridized carbons (Fsp3) is 0.417. The van der Waals surface area contributed by atoms with Crippen LogP contribution in [0.5, 0.6) is 0 Å². The van der Waals surface area contributed by atoms with E-state index in [1.165, 1.54) is 12.8 Å². The average molecular weight is 262 g/mol. The molecule has 0 amide bonds. The summed E-state index contributed by atoms with van der Waals surface area (Å²) >= 11 is 6.18. The molecule has 92 valence electrons. The Morgan fingerprint density at radius 1 is 1.33 bits per heavy atom. The summed E-state index contributed by atoms with van der Waals surface area (Å²) in [5.41, 5.74) is 3.97. The van der Waals surface area contributed by atoms with Crippen molar-refractivity contribution < 1.29 is 0 Å². The number of hydrogen-bond donors (Lipinski definition) is 0. The highest BCUT2D eigenvalue weighted by Gasteiger charge is 2.31. The zero-order chi connectivity index (χ0) is 12.3. The summed E-state index contributed by atoms with van der Waals surface area (Å²) in [4.78, 5) is 8.08. The van der Waals surface area contributed by atoms with Crippen LogP contribution < -0.4 is 4.90 Å². The molecule has 1 aliphatic carbocycles. The molecule has 2 aromatic heterocycles. The van der Waals surface area contributed by atoms with Crippen LogP contribution in [0.4, 0.5) is 5.69 Å². The van der Waals surface area contributed by atoms with E-state index in [0.29, 0.717) is 11.2 Å². The maximum atomic E-state index is 6.18. The molecule has 5 nitrogen and oxygen atoms in total. The Balaban J connectivity index is 1.93. The van der Waals surface area contributed by atoms with Gasteiger partial charge in [-0.05, 0) is 18.9 Å². The van der Waals surface area contributed by atoms with Crippen LogP contribution in [0.1, 0.15) is 24.6 Å². The van der Waals surface area contributed by atoms with Crippen molar-refractivity contribution >= 4 is 17.3 Å². The Labute approximate surface area is 109 Å². The summed E-state index contributed by atoms with van der Waals surface area (Å²) in [7, 11) is 2.01. The van der Waals surface area contributed by atoms with Crippen LogP contribution in [-0.4, -0.2) is 27.0 Å². The average Bonchev–Trinajstić information content (AvgIpc) is 3.10. The van der Waals surface area contributed by atoms with Crippen molar-refractivity contribution in [2.75, 3.05) is 11.9 Å². The largest absolute Gasteiger partial charge is 0.365 e. The number of hydrogen-bond acceptors (Lipinski definition) is 4. The lowest BCUT2D eigenvalue weighted by Gasteiger charge is -2.25. The third kappa shape index (κ3) is 1.37. The van der Waals surface area contributed by atoms with Gasteiger partial charge in [0, 0.05) is 18.8 Å². The molecule has 3 heterocycles. The molecule has 0 atom stereocenters. The van der Waals surface area contributed by atoms with E-state index in [1.54, 1.807) is 6.20 Å². The monoisotopic (exact) mass is 261 g/mol. The van der Waals surface area contributed by atoms with Gasteiger partial charge < -0.3 is 4.90 Å². The van der Waals surface area contributed by atoms with E-state index in [-0.39, 0.29) is 0 Å². The maximum absolute atomic E-state index is 6.18. The molecule has 0 aromatic carbocycles. The van der Waals surface area contributed by atoms with Gasteiger partial charge in [0.25, 0.3) is 0 Å². The van der Waals surface area contributed by atoms with Crippen LogP contribution in [0.25, 0.3) is 11.3 Å². The smallest absolute Gasteiger partial charge is 0.152 e. The zero-order valence-corrected chi connectivity index (χ0v) is 10.7. The number of rotatable bonds is 1. The summed E-state index contributed by atoms with van der Waals surface area (Å²) in [5, 5.41) is 9.74. The number of pyridine rings is 1. The van der Waals surface area contributed by atoms with Gasteiger partial charge in [-0.15, -0.1) is 0 Å². The number of anilines is 1. The summed E-state index contributed by atoms with van der Waals surface area (Å²) in [6.07, 6.45) is 4.10. The minimum atomic E-state index is 0.502. The standard InChI is InChI=1S/C12H12ClN5/c1-17-6-9-10(16-18(15-9)7-2-3-7)8-4-5-14-12(13)11(8)17/h4-5,7H,2-3,6H2,1H3. The minimum absolute atomic E-state index is 0.502. The third-order valence-electron chi connectivity index (χ3n) is 3.48. The van der Waals surface area contributed by atoms with Crippen molar-refractivity contribution in [2.24, 2.45) is 0 Å². The highest BCUT2D eigenvalue weighted by atomic mass is 35.5. The van der Waals surface area contributed by atoms with Gasteiger partial charge in [-0.3, -0.25) is 0 Å². The normalized spacial score (nSPS) is 17.6. The first-order chi connectivity index (χ1) is 8.74. The SMILES string of the molecule is CN1Cc2nn(C3CC3)nc2-c2ccnc(Cl)c21. The Morgan fingerprint density at radius 3 is 2.94 bits per heavy atom. The Bertz CT molecular complexity index is 631. The fourth-order valence-corrected chi connectivity index (χ4v) is 2.73. The minimum Gasteiger partial charge on any atom is -0.365 e. The second kappa shape index (κ2) is 3.45. The van der Waals surface area contributed by atoms with E-state index in [1.807, 2.05) is 17.9 Å². The molecule has 2 aromatic rings. The third-order valence-corrected chi connectivity index (χ3v) is 3.75. The summed E-state index contributed by atoms with van der Waals surface area (Å²) in [6, 6.07) is 2.46. The first-order valence-corrected chi connectivity index (χ1v) is 6.43. The molecule has 6 heteroatoms. The van der Waals surface area contributed by atoms with Gasteiger partial charge in [-0.25, -0.2) is 4.98 Å². The molecule has 0 bridgehead atoms. The van der Waals surface area contributed by atoms with Crippen LogP contribution in [0.2, 0.25) is 5.15 Å². The zero-order valence-electron chi connectivity index (χ0n) is 9.97. The molecular weight excluding hydrogens is 250 g/mol. The van der Waals surface area contributed by atoms with Crippen LogP contribution in [0.3, 0.4) is 0 Å². The van der Waals surface area contributed by atoms with Gasteiger partial charge in [0.05, 0.1) is 18.3 Å². The van der Waals surface area contributed by atoms with E-state index >= 15 is 0 Å². The summed E-state index contributed by atoms with van der Waals surface area (Å²) < 4.78 is 0. The Hall–Kier alpha value is -1.62. The highest BCUT2D eigenvalue weighted by Crippen LogP contribution is 2.41. The number of halogens is 1. The van der Waals surface area contributed by atoms with Crippen molar-refractivity contribution in [3.8, 4) is 11.3 Å². The predicted molar refractivity (Wildman–Crippen MR) is 68.6 cm³/mol. The molecular formula is C12H12ClN5. The van der Waals surface area contributed by atoms with Crippen LogP contribution in [0, 0.1) is 0 Å². The lowest BCUT2D eigenvalue weighted by Crippen LogP contribution is -2.22. The quantitative estimate of drug-likeness (QED) is 0.739. The maximum Gasteiger partial charge on any atom is 0.152 e.